The van der Waals surface area contributed by atoms with Crippen molar-refractivity contribution in [3.8, 4) is 18.1 Å². The molecule has 0 aromatic heterocycles. The molecule has 1 aliphatic heterocycles. The van der Waals surface area contributed by atoms with E-state index in [1.165, 1.54) is 4.90 Å². The van der Waals surface area contributed by atoms with E-state index >= 15 is 0 Å². The van der Waals surface area contributed by atoms with Crippen LogP contribution in [0.1, 0.15) is 13.3 Å². The SMILES string of the molecule is C#CCN(CCC(=O)O)c1ccc2c(c1)N(C)C(=O)C(C)O2. The molecule has 1 atom stereocenters. The Morgan fingerprint density at radius 3 is 2.91 bits per heavy atom. The normalized spacial score (nSPS) is 16.5. The maximum Gasteiger partial charge on any atom is 0.305 e. The van der Waals surface area contributed by atoms with Gasteiger partial charge in [-0.3, -0.25) is 9.59 Å². The number of terminal acetylenes is 1. The molecule has 2 rings (SSSR count). The summed E-state index contributed by atoms with van der Waals surface area (Å²) in [6, 6.07) is 5.38. The van der Waals surface area contributed by atoms with E-state index in [1.807, 2.05) is 6.07 Å². The molecule has 1 aliphatic rings. The zero-order valence-corrected chi connectivity index (χ0v) is 12.6. The minimum Gasteiger partial charge on any atom is -0.481 e. The van der Waals surface area contributed by atoms with Crippen LogP contribution < -0.4 is 14.5 Å². The molecule has 22 heavy (non-hydrogen) atoms. The van der Waals surface area contributed by atoms with Gasteiger partial charge >= 0.3 is 5.97 Å². The summed E-state index contributed by atoms with van der Waals surface area (Å²) in [6.07, 6.45) is 4.82. The zero-order chi connectivity index (χ0) is 16.3. The van der Waals surface area contributed by atoms with Gasteiger partial charge in [-0.25, -0.2) is 0 Å². The number of benzene rings is 1. The van der Waals surface area contributed by atoms with Crippen molar-refractivity contribution in [1.29, 1.82) is 0 Å². The number of aliphatic carboxylic acids is 1. The predicted octanol–water partition coefficient (Wildman–Crippen LogP) is 1.34. The number of ether oxygens (including phenoxy) is 1. The molecule has 6 heteroatoms. The Kier molecular flexibility index (Phi) is 4.56. The largest absolute Gasteiger partial charge is 0.481 e. The van der Waals surface area contributed by atoms with Crippen LogP contribution in [0.25, 0.3) is 0 Å². The fraction of sp³-hybridized carbons (Fsp3) is 0.375. The molecular formula is C16H18N2O4. The van der Waals surface area contributed by atoms with Crippen molar-refractivity contribution >= 4 is 23.3 Å². The van der Waals surface area contributed by atoms with Crippen LogP contribution in [0.15, 0.2) is 18.2 Å². The van der Waals surface area contributed by atoms with E-state index in [2.05, 4.69) is 5.92 Å². The van der Waals surface area contributed by atoms with Crippen molar-refractivity contribution in [3.63, 3.8) is 0 Å². The Labute approximate surface area is 129 Å². The number of likely N-dealkylation sites (N-methyl/N-ethyl adjacent to an activating group) is 1. The minimum atomic E-state index is -0.885. The number of nitrogens with zero attached hydrogens (tertiary/aromatic N) is 2. The van der Waals surface area contributed by atoms with E-state index in [-0.39, 0.29) is 12.3 Å². The Morgan fingerprint density at radius 1 is 1.55 bits per heavy atom. The van der Waals surface area contributed by atoms with Gasteiger partial charge in [-0.1, -0.05) is 5.92 Å². The van der Waals surface area contributed by atoms with Gasteiger partial charge in [0.1, 0.15) is 5.75 Å². The van der Waals surface area contributed by atoms with Crippen molar-refractivity contribution in [3.05, 3.63) is 18.2 Å². The third kappa shape index (κ3) is 3.14. The lowest BCUT2D eigenvalue weighted by atomic mass is 10.1. The molecule has 0 saturated carbocycles. The second-order valence-corrected chi connectivity index (χ2v) is 5.08. The maximum atomic E-state index is 12.0. The summed E-state index contributed by atoms with van der Waals surface area (Å²) < 4.78 is 5.56. The lowest BCUT2D eigenvalue weighted by Crippen LogP contribution is -2.42. The molecule has 1 amide bonds. The van der Waals surface area contributed by atoms with Gasteiger partial charge < -0.3 is 19.6 Å². The highest BCUT2D eigenvalue weighted by molar-refractivity contribution is 5.99. The van der Waals surface area contributed by atoms with E-state index in [0.717, 1.165) is 5.69 Å². The lowest BCUT2D eigenvalue weighted by molar-refractivity contribution is -0.136. The van der Waals surface area contributed by atoms with E-state index in [4.69, 9.17) is 16.3 Å². The average Bonchev–Trinajstić information content (AvgIpc) is 2.49. The molecule has 0 fully saturated rings. The number of amides is 1. The van der Waals surface area contributed by atoms with Crippen LogP contribution in [0.2, 0.25) is 0 Å². The van der Waals surface area contributed by atoms with Gasteiger partial charge in [0, 0.05) is 19.3 Å². The smallest absolute Gasteiger partial charge is 0.305 e. The molecule has 0 radical (unpaired) electrons. The van der Waals surface area contributed by atoms with Crippen LogP contribution in [0.4, 0.5) is 11.4 Å². The number of carboxylic acid groups (broad SMARTS) is 1. The summed E-state index contributed by atoms with van der Waals surface area (Å²) >= 11 is 0. The van der Waals surface area contributed by atoms with Crippen LogP contribution in [-0.4, -0.2) is 43.2 Å². The third-order valence-electron chi connectivity index (χ3n) is 3.53. The standard InChI is InChI=1S/C16H18N2O4/c1-4-8-18(9-7-15(19)20)12-5-6-14-13(10-12)17(3)16(21)11(2)22-14/h1,5-6,10-11H,7-9H2,2-3H3,(H,19,20). The zero-order valence-electron chi connectivity index (χ0n) is 12.6. The monoisotopic (exact) mass is 302 g/mol. The number of carbonyl (C=O) groups excluding carboxylic acids is 1. The summed E-state index contributed by atoms with van der Waals surface area (Å²) in [5.74, 6) is 2.13. The number of hydrogen-bond donors (Lipinski definition) is 1. The van der Waals surface area contributed by atoms with Crippen molar-refractivity contribution in [2.45, 2.75) is 19.4 Å². The van der Waals surface area contributed by atoms with E-state index in [9.17, 15) is 9.59 Å². The molecule has 0 bridgehead atoms. The predicted molar refractivity (Wildman–Crippen MR) is 83.2 cm³/mol. The molecule has 1 aromatic carbocycles. The molecular weight excluding hydrogens is 284 g/mol. The molecule has 1 unspecified atom stereocenters. The second kappa shape index (κ2) is 6.39. The Morgan fingerprint density at radius 2 is 2.27 bits per heavy atom. The fourth-order valence-corrected chi connectivity index (χ4v) is 2.34. The van der Waals surface area contributed by atoms with Gasteiger partial charge in [0.2, 0.25) is 0 Å². The minimum absolute atomic E-state index is 0.0128. The van der Waals surface area contributed by atoms with Gasteiger partial charge in [-0.15, -0.1) is 6.42 Å². The number of fused-ring (bicyclic) bond motifs is 1. The number of carbonyl (C=O) groups is 2. The quantitative estimate of drug-likeness (QED) is 0.831. The first-order valence-corrected chi connectivity index (χ1v) is 6.92. The molecule has 1 heterocycles. The Bertz CT molecular complexity index is 636. The highest BCUT2D eigenvalue weighted by Gasteiger charge is 2.29. The van der Waals surface area contributed by atoms with Crippen LogP contribution in [0.3, 0.4) is 0 Å². The summed E-state index contributed by atoms with van der Waals surface area (Å²) in [5, 5.41) is 8.82. The van der Waals surface area contributed by atoms with E-state index < -0.39 is 12.1 Å². The third-order valence-corrected chi connectivity index (χ3v) is 3.53. The molecule has 6 nitrogen and oxygen atoms in total. The summed E-state index contributed by atoms with van der Waals surface area (Å²) in [7, 11) is 1.69. The summed E-state index contributed by atoms with van der Waals surface area (Å²) in [4.78, 5) is 26.1. The topological polar surface area (TPSA) is 70.1 Å². The van der Waals surface area contributed by atoms with Crippen LogP contribution >= 0.6 is 0 Å². The summed E-state index contributed by atoms with van der Waals surface area (Å²) in [5.41, 5.74) is 1.41. The molecule has 0 spiro atoms. The van der Waals surface area contributed by atoms with Crippen LogP contribution in [0.5, 0.6) is 5.75 Å². The van der Waals surface area contributed by atoms with Gasteiger partial charge in [-0.2, -0.15) is 0 Å². The second-order valence-electron chi connectivity index (χ2n) is 5.08. The van der Waals surface area contributed by atoms with Crippen molar-refractivity contribution in [2.24, 2.45) is 0 Å². The van der Waals surface area contributed by atoms with Crippen molar-refractivity contribution < 1.29 is 19.4 Å². The summed E-state index contributed by atoms with van der Waals surface area (Å²) in [6.45, 7) is 2.29. The van der Waals surface area contributed by atoms with Crippen molar-refractivity contribution in [1.82, 2.24) is 0 Å². The van der Waals surface area contributed by atoms with Gasteiger partial charge in [0.25, 0.3) is 5.91 Å². The van der Waals surface area contributed by atoms with Gasteiger partial charge in [0.15, 0.2) is 6.10 Å². The van der Waals surface area contributed by atoms with Crippen LogP contribution in [-0.2, 0) is 9.59 Å². The maximum absolute atomic E-state index is 12.0. The fourth-order valence-electron chi connectivity index (χ4n) is 2.34. The van der Waals surface area contributed by atoms with E-state index in [1.54, 1.807) is 31.0 Å². The lowest BCUT2D eigenvalue weighted by Gasteiger charge is -2.32. The molecule has 0 saturated heterocycles. The Balaban J connectivity index is 2.30. The number of hydrogen-bond acceptors (Lipinski definition) is 4. The first kappa shape index (κ1) is 15.7. The average molecular weight is 302 g/mol. The molecule has 116 valence electrons. The van der Waals surface area contributed by atoms with Gasteiger partial charge in [-0.05, 0) is 25.1 Å². The highest BCUT2D eigenvalue weighted by atomic mass is 16.5. The number of anilines is 2. The Hall–Kier alpha value is -2.68. The highest BCUT2D eigenvalue weighted by Crippen LogP contribution is 2.36. The van der Waals surface area contributed by atoms with Crippen LogP contribution in [0, 0.1) is 12.3 Å². The molecule has 1 N–H and O–H groups in total. The molecule has 1 aromatic rings. The number of rotatable bonds is 5. The first-order valence-electron chi connectivity index (χ1n) is 6.92. The van der Waals surface area contributed by atoms with Gasteiger partial charge in [0.05, 0.1) is 18.7 Å². The molecule has 0 aliphatic carbocycles. The number of carboxylic acids is 1. The first-order chi connectivity index (χ1) is 10.4. The van der Waals surface area contributed by atoms with Crippen molar-refractivity contribution in [2.75, 3.05) is 29.9 Å². The van der Waals surface area contributed by atoms with E-state index in [0.29, 0.717) is 24.5 Å².